The molecule has 0 aromatic carbocycles. The molecule has 0 bridgehead atoms. The van der Waals surface area contributed by atoms with Gasteiger partial charge in [0.25, 0.3) is 0 Å². The topological polar surface area (TPSA) is 44.3 Å². The summed E-state index contributed by atoms with van der Waals surface area (Å²) in [6.07, 6.45) is 9.27. The van der Waals surface area contributed by atoms with Gasteiger partial charge in [-0.2, -0.15) is 11.8 Å². The molecule has 1 saturated carbocycles. The van der Waals surface area contributed by atoms with E-state index in [-0.39, 0.29) is 0 Å². The Kier molecular flexibility index (Phi) is 7.58. The van der Waals surface area contributed by atoms with E-state index < -0.39 is 0 Å². The smallest absolute Gasteiger partial charge is 0.0438 e. The number of rotatable bonds is 8. The summed E-state index contributed by atoms with van der Waals surface area (Å²) in [6, 6.07) is 1.52. The van der Waals surface area contributed by atoms with Crippen LogP contribution in [0.3, 0.4) is 0 Å². The first-order valence-electron chi connectivity index (χ1n) is 8.07. The molecule has 1 saturated heterocycles. The molecule has 3 nitrogen and oxygen atoms in total. The third-order valence-electron chi connectivity index (χ3n) is 4.53. The lowest BCUT2D eigenvalue weighted by molar-refractivity contribution is 0.259. The van der Waals surface area contributed by atoms with Gasteiger partial charge in [0.2, 0.25) is 0 Å². The fourth-order valence-corrected chi connectivity index (χ4v) is 4.35. The average Bonchev–Trinajstić information content (AvgIpc) is 2.92. The van der Waals surface area contributed by atoms with Crippen molar-refractivity contribution in [2.24, 2.45) is 5.92 Å². The minimum absolute atomic E-state index is 0.332. The van der Waals surface area contributed by atoms with Gasteiger partial charge in [0.05, 0.1) is 0 Å². The van der Waals surface area contributed by atoms with Gasteiger partial charge in [0, 0.05) is 31.0 Å². The zero-order valence-corrected chi connectivity index (χ0v) is 12.9. The van der Waals surface area contributed by atoms with Gasteiger partial charge in [-0.15, -0.1) is 0 Å². The summed E-state index contributed by atoms with van der Waals surface area (Å²) < 4.78 is 0. The van der Waals surface area contributed by atoms with Crippen molar-refractivity contribution >= 4 is 11.8 Å². The van der Waals surface area contributed by atoms with Gasteiger partial charge in [-0.25, -0.2) is 0 Å². The highest BCUT2D eigenvalue weighted by Gasteiger charge is 2.33. The summed E-state index contributed by atoms with van der Waals surface area (Å²) in [5.74, 6) is 3.14. The van der Waals surface area contributed by atoms with Crippen LogP contribution >= 0.6 is 11.8 Å². The SMILES string of the molecule is OCCCSCCNC1CCCC1C1CCCCN1. The molecule has 0 amide bonds. The van der Waals surface area contributed by atoms with E-state index in [1.54, 1.807) is 0 Å². The predicted molar refractivity (Wildman–Crippen MR) is 83.8 cm³/mol. The van der Waals surface area contributed by atoms with Crippen LogP contribution < -0.4 is 10.6 Å². The van der Waals surface area contributed by atoms with Gasteiger partial charge in [0.15, 0.2) is 0 Å². The van der Waals surface area contributed by atoms with E-state index in [0.29, 0.717) is 6.61 Å². The molecule has 2 rings (SSSR count). The number of aliphatic hydroxyl groups excluding tert-OH is 1. The first-order chi connectivity index (χ1) is 9.42. The van der Waals surface area contributed by atoms with Gasteiger partial charge < -0.3 is 15.7 Å². The molecular formula is C15H30N2OS. The molecule has 3 unspecified atom stereocenters. The van der Waals surface area contributed by atoms with Crippen LogP contribution in [0.25, 0.3) is 0 Å². The van der Waals surface area contributed by atoms with E-state index in [1.807, 2.05) is 11.8 Å². The van der Waals surface area contributed by atoms with Gasteiger partial charge in [-0.05, 0) is 50.3 Å². The van der Waals surface area contributed by atoms with Crippen LogP contribution in [0.1, 0.15) is 44.9 Å². The summed E-state index contributed by atoms with van der Waals surface area (Å²) in [4.78, 5) is 0. The molecule has 19 heavy (non-hydrogen) atoms. The molecule has 4 heteroatoms. The van der Waals surface area contributed by atoms with Crippen LogP contribution in [0.15, 0.2) is 0 Å². The van der Waals surface area contributed by atoms with Crippen molar-refractivity contribution in [3.05, 3.63) is 0 Å². The molecule has 112 valence electrons. The predicted octanol–water partition coefficient (Wildman–Crippen LogP) is 2.00. The highest BCUT2D eigenvalue weighted by atomic mass is 32.2. The third-order valence-corrected chi connectivity index (χ3v) is 5.60. The van der Waals surface area contributed by atoms with Crippen LogP contribution in [-0.2, 0) is 0 Å². The second-order valence-corrected chi connectivity index (χ2v) is 7.13. The largest absolute Gasteiger partial charge is 0.396 e. The monoisotopic (exact) mass is 286 g/mol. The highest BCUT2D eigenvalue weighted by Crippen LogP contribution is 2.31. The van der Waals surface area contributed by atoms with Crippen molar-refractivity contribution in [1.29, 1.82) is 0 Å². The Morgan fingerprint density at radius 3 is 2.84 bits per heavy atom. The van der Waals surface area contributed by atoms with Crippen molar-refractivity contribution in [1.82, 2.24) is 10.6 Å². The average molecular weight is 286 g/mol. The van der Waals surface area contributed by atoms with Gasteiger partial charge in [-0.3, -0.25) is 0 Å². The van der Waals surface area contributed by atoms with Crippen molar-refractivity contribution in [3.63, 3.8) is 0 Å². The fourth-order valence-electron chi connectivity index (χ4n) is 3.55. The minimum atomic E-state index is 0.332. The Morgan fingerprint density at radius 2 is 2.05 bits per heavy atom. The maximum atomic E-state index is 8.74. The number of aliphatic hydroxyl groups is 1. The Bertz CT molecular complexity index is 234. The van der Waals surface area contributed by atoms with E-state index in [1.165, 1.54) is 50.8 Å². The number of hydrogen-bond donors (Lipinski definition) is 3. The van der Waals surface area contributed by atoms with E-state index in [0.717, 1.165) is 36.7 Å². The van der Waals surface area contributed by atoms with Crippen LogP contribution in [-0.4, -0.2) is 48.4 Å². The maximum absolute atomic E-state index is 8.74. The molecule has 1 aliphatic carbocycles. The molecular weight excluding hydrogens is 256 g/mol. The molecule has 3 N–H and O–H groups in total. The van der Waals surface area contributed by atoms with Crippen LogP contribution in [0.4, 0.5) is 0 Å². The van der Waals surface area contributed by atoms with Crippen LogP contribution in [0.2, 0.25) is 0 Å². The molecule has 1 aliphatic heterocycles. The molecule has 2 fully saturated rings. The minimum Gasteiger partial charge on any atom is -0.396 e. The molecule has 0 spiro atoms. The quantitative estimate of drug-likeness (QED) is 0.597. The third kappa shape index (κ3) is 5.25. The number of thioether (sulfide) groups is 1. The maximum Gasteiger partial charge on any atom is 0.0438 e. The first kappa shape index (κ1) is 15.6. The van der Waals surface area contributed by atoms with Crippen LogP contribution in [0.5, 0.6) is 0 Å². The van der Waals surface area contributed by atoms with E-state index in [9.17, 15) is 0 Å². The van der Waals surface area contributed by atoms with Gasteiger partial charge in [0.1, 0.15) is 0 Å². The Balaban J connectivity index is 1.61. The lowest BCUT2D eigenvalue weighted by Gasteiger charge is -2.33. The molecule has 0 aromatic rings. The van der Waals surface area contributed by atoms with Crippen molar-refractivity contribution in [3.8, 4) is 0 Å². The Morgan fingerprint density at radius 1 is 1.11 bits per heavy atom. The summed E-state index contributed by atoms with van der Waals surface area (Å²) in [5, 5.41) is 16.3. The zero-order chi connectivity index (χ0) is 13.3. The van der Waals surface area contributed by atoms with Crippen LogP contribution in [0, 0.1) is 5.92 Å². The fraction of sp³-hybridized carbons (Fsp3) is 1.00. The number of piperidine rings is 1. The molecule has 1 heterocycles. The van der Waals surface area contributed by atoms with Gasteiger partial charge >= 0.3 is 0 Å². The van der Waals surface area contributed by atoms with Gasteiger partial charge in [-0.1, -0.05) is 12.8 Å². The molecule has 3 atom stereocenters. The lowest BCUT2D eigenvalue weighted by atomic mass is 9.88. The summed E-state index contributed by atoms with van der Waals surface area (Å²) >= 11 is 1.96. The number of hydrogen-bond acceptors (Lipinski definition) is 4. The van der Waals surface area contributed by atoms with E-state index in [2.05, 4.69) is 10.6 Å². The lowest BCUT2D eigenvalue weighted by Crippen LogP contribution is -2.47. The van der Waals surface area contributed by atoms with Crippen molar-refractivity contribution < 1.29 is 5.11 Å². The first-order valence-corrected chi connectivity index (χ1v) is 9.22. The van der Waals surface area contributed by atoms with E-state index in [4.69, 9.17) is 5.11 Å². The second-order valence-electron chi connectivity index (χ2n) is 5.90. The summed E-state index contributed by atoms with van der Waals surface area (Å²) in [6.45, 7) is 2.69. The van der Waals surface area contributed by atoms with Crippen molar-refractivity contribution in [2.75, 3.05) is 31.2 Å². The normalized spacial score (nSPS) is 31.7. The Hall–Kier alpha value is 0.230. The second kappa shape index (κ2) is 9.22. The summed E-state index contributed by atoms with van der Waals surface area (Å²) in [7, 11) is 0. The standard InChI is InChI=1S/C15H30N2OS/c18-10-4-11-19-12-9-17-15-7-3-5-13(15)14-6-1-2-8-16-14/h13-18H,1-12H2. The molecule has 0 radical (unpaired) electrons. The zero-order valence-electron chi connectivity index (χ0n) is 12.1. The molecule has 0 aromatic heterocycles. The van der Waals surface area contributed by atoms with E-state index >= 15 is 0 Å². The Labute approximate surface area is 122 Å². The summed E-state index contributed by atoms with van der Waals surface area (Å²) in [5.41, 5.74) is 0. The molecule has 2 aliphatic rings. The highest BCUT2D eigenvalue weighted by molar-refractivity contribution is 7.99. The number of nitrogens with one attached hydrogen (secondary N) is 2. The van der Waals surface area contributed by atoms with Crippen molar-refractivity contribution in [2.45, 2.75) is 57.0 Å².